The predicted octanol–water partition coefficient (Wildman–Crippen LogP) is 1.45. The molecule has 2 N–H and O–H groups in total. The van der Waals surface area contributed by atoms with Crippen LogP contribution in [0.5, 0.6) is 0 Å². The molecular formula is C11H10N4O3S. The van der Waals surface area contributed by atoms with Crippen LogP contribution >= 0.6 is 11.5 Å². The van der Waals surface area contributed by atoms with Gasteiger partial charge in [-0.05, 0) is 30.1 Å². The van der Waals surface area contributed by atoms with Crippen LogP contribution in [0.3, 0.4) is 0 Å². The van der Waals surface area contributed by atoms with Crippen molar-refractivity contribution in [3.8, 4) is 0 Å². The van der Waals surface area contributed by atoms with Gasteiger partial charge in [-0.25, -0.2) is 9.78 Å². The SMILES string of the molecule is CCc1nnsc1C(=O)Nc1cccc(C(=O)O)n1. The van der Waals surface area contributed by atoms with Crippen LogP contribution in [0.4, 0.5) is 5.82 Å². The number of aryl methyl sites for hydroxylation is 1. The standard InChI is InChI=1S/C11H10N4O3S/c1-2-6-9(19-15-14-6)10(16)13-8-5-3-4-7(12-8)11(17)18/h3-5H,2H2,1H3,(H,17,18)(H,12,13,16). The van der Waals surface area contributed by atoms with Crippen molar-refractivity contribution in [1.82, 2.24) is 14.6 Å². The molecule has 2 heterocycles. The van der Waals surface area contributed by atoms with Gasteiger partial charge in [0, 0.05) is 0 Å². The van der Waals surface area contributed by atoms with Gasteiger partial charge in [0.05, 0.1) is 5.69 Å². The third kappa shape index (κ3) is 2.91. The molecule has 0 spiro atoms. The van der Waals surface area contributed by atoms with E-state index in [0.29, 0.717) is 17.0 Å². The van der Waals surface area contributed by atoms with Gasteiger partial charge < -0.3 is 10.4 Å². The number of rotatable bonds is 4. The second kappa shape index (κ2) is 5.53. The first kappa shape index (κ1) is 13.1. The Morgan fingerprint density at radius 3 is 2.89 bits per heavy atom. The van der Waals surface area contributed by atoms with Crippen molar-refractivity contribution in [1.29, 1.82) is 0 Å². The number of carboxylic acids is 1. The summed E-state index contributed by atoms with van der Waals surface area (Å²) in [5.74, 6) is -1.35. The molecule has 0 atom stereocenters. The molecule has 0 aliphatic carbocycles. The summed E-state index contributed by atoms with van der Waals surface area (Å²) in [6.45, 7) is 1.87. The molecule has 7 nitrogen and oxygen atoms in total. The van der Waals surface area contributed by atoms with Crippen LogP contribution in [-0.4, -0.2) is 31.6 Å². The van der Waals surface area contributed by atoms with Crippen LogP contribution in [0.25, 0.3) is 0 Å². The Kier molecular flexibility index (Phi) is 3.81. The van der Waals surface area contributed by atoms with Gasteiger partial charge in [0.25, 0.3) is 5.91 Å². The molecule has 0 saturated carbocycles. The number of nitrogens with one attached hydrogen (secondary N) is 1. The van der Waals surface area contributed by atoms with Crippen LogP contribution in [0.2, 0.25) is 0 Å². The van der Waals surface area contributed by atoms with Crippen molar-refractivity contribution in [3.63, 3.8) is 0 Å². The summed E-state index contributed by atoms with van der Waals surface area (Å²) in [6, 6.07) is 4.38. The number of aromatic nitrogens is 3. The Labute approximate surface area is 112 Å². The topological polar surface area (TPSA) is 105 Å². The highest BCUT2D eigenvalue weighted by atomic mass is 32.1. The summed E-state index contributed by atoms with van der Waals surface area (Å²) in [5.41, 5.74) is 0.479. The quantitative estimate of drug-likeness (QED) is 0.876. The van der Waals surface area contributed by atoms with Crippen molar-refractivity contribution in [2.24, 2.45) is 0 Å². The second-order valence-corrected chi connectivity index (χ2v) is 4.32. The summed E-state index contributed by atoms with van der Waals surface area (Å²) in [5, 5.41) is 15.2. The fourth-order valence-corrected chi connectivity index (χ4v) is 2.05. The van der Waals surface area contributed by atoms with Crippen LogP contribution < -0.4 is 5.32 Å². The molecule has 2 rings (SSSR count). The van der Waals surface area contributed by atoms with Crippen LogP contribution in [0.1, 0.15) is 32.8 Å². The smallest absolute Gasteiger partial charge is 0.354 e. The van der Waals surface area contributed by atoms with E-state index in [9.17, 15) is 9.59 Å². The van der Waals surface area contributed by atoms with E-state index in [1.165, 1.54) is 18.2 Å². The number of amides is 1. The third-order valence-corrected chi connectivity index (χ3v) is 3.07. The normalized spacial score (nSPS) is 10.2. The van der Waals surface area contributed by atoms with E-state index in [2.05, 4.69) is 19.9 Å². The highest BCUT2D eigenvalue weighted by Gasteiger charge is 2.16. The number of anilines is 1. The lowest BCUT2D eigenvalue weighted by atomic mass is 10.3. The van der Waals surface area contributed by atoms with E-state index in [0.717, 1.165) is 11.5 Å². The maximum Gasteiger partial charge on any atom is 0.354 e. The highest BCUT2D eigenvalue weighted by molar-refractivity contribution is 7.08. The molecule has 19 heavy (non-hydrogen) atoms. The van der Waals surface area contributed by atoms with Gasteiger partial charge in [-0.1, -0.05) is 17.5 Å². The molecule has 0 radical (unpaired) electrons. The van der Waals surface area contributed by atoms with Crippen molar-refractivity contribution < 1.29 is 14.7 Å². The molecule has 0 fully saturated rings. The number of pyridine rings is 1. The van der Waals surface area contributed by atoms with Gasteiger partial charge in [0.2, 0.25) is 0 Å². The number of nitrogens with zero attached hydrogens (tertiary/aromatic N) is 3. The fraction of sp³-hybridized carbons (Fsp3) is 0.182. The largest absolute Gasteiger partial charge is 0.477 e. The maximum atomic E-state index is 12.0. The Balaban J connectivity index is 2.19. The van der Waals surface area contributed by atoms with Gasteiger partial charge in [0.15, 0.2) is 5.69 Å². The Morgan fingerprint density at radius 1 is 1.42 bits per heavy atom. The average Bonchev–Trinajstić information content (AvgIpc) is 2.87. The van der Waals surface area contributed by atoms with Crippen molar-refractivity contribution in [2.75, 3.05) is 5.32 Å². The van der Waals surface area contributed by atoms with E-state index in [4.69, 9.17) is 5.11 Å². The Hall–Kier alpha value is -2.35. The summed E-state index contributed by atoms with van der Waals surface area (Å²) < 4.78 is 3.72. The van der Waals surface area contributed by atoms with Crippen LogP contribution in [0, 0.1) is 0 Å². The lowest BCUT2D eigenvalue weighted by Gasteiger charge is -2.03. The molecule has 2 aromatic rings. The summed E-state index contributed by atoms with van der Waals surface area (Å²) >= 11 is 0.995. The van der Waals surface area contributed by atoms with E-state index < -0.39 is 5.97 Å². The minimum absolute atomic E-state index is 0.129. The molecule has 0 aliphatic heterocycles. The number of hydrogen-bond acceptors (Lipinski definition) is 6. The summed E-state index contributed by atoms with van der Waals surface area (Å²) in [4.78, 5) is 27.0. The van der Waals surface area contributed by atoms with E-state index in [1.807, 2.05) is 6.92 Å². The minimum atomic E-state index is -1.15. The molecule has 0 unspecified atom stereocenters. The van der Waals surface area contributed by atoms with Gasteiger partial charge >= 0.3 is 5.97 Å². The van der Waals surface area contributed by atoms with Gasteiger partial charge in [-0.15, -0.1) is 5.10 Å². The van der Waals surface area contributed by atoms with E-state index in [1.54, 1.807) is 0 Å². The molecule has 2 aromatic heterocycles. The molecular weight excluding hydrogens is 268 g/mol. The number of carbonyl (C=O) groups is 2. The highest BCUT2D eigenvalue weighted by Crippen LogP contribution is 2.14. The van der Waals surface area contributed by atoms with Crippen molar-refractivity contribution in [2.45, 2.75) is 13.3 Å². The number of carboxylic acid groups (broad SMARTS) is 1. The van der Waals surface area contributed by atoms with Crippen molar-refractivity contribution in [3.05, 3.63) is 34.5 Å². The minimum Gasteiger partial charge on any atom is -0.477 e. The van der Waals surface area contributed by atoms with Gasteiger partial charge in [0.1, 0.15) is 10.7 Å². The first-order chi connectivity index (χ1) is 9.11. The van der Waals surface area contributed by atoms with Crippen LogP contribution in [0.15, 0.2) is 18.2 Å². The molecule has 98 valence electrons. The Bertz CT molecular complexity index is 626. The first-order valence-electron chi connectivity index (χ1n) is 5.44. The average molecular weight is 278 g/mol. The zero-order valence-electron chi connectivity index (χ0n) is 9.95. The predicted molar refractivity (Wildman–Crippen MR) is 68.4 cm³/mol. The number of carbonyl (C=O) groups excluding carboxylic acids is 1. The zero-order valence-corrected chi connectivity index (χ0v) is 10.8. The second-order valence-electron chi connectivity index (χ2n) is 3.57. The number of hydrogen-bond donors (Lipinski definition) is 2. The molecule has 0 bridgehead atoms. The van der Waals surface area contributed by atoms with Gasteiger partial charge in [-0.2, -0.15) is 0 Å². The monoisotopic (exact) mass is 278 g/mol. The molecule has 0 aromatic carbocycles. The van der Waals surface area contributed by atoms with Crippen LogP contribution in [-0.2, 0) is 6.42 Å². The molecule has 8 heteroatoms. The molecule has 0 saturated heterocycles. The number of aromatic carboxylic acids is 1. The fourth-order valence-electron chi connectivity index (χ4n) is 1.41. The Morgan fingerprint density at radius 2 is 2.21 bits per heavy atom. The van der Waals surface area contributed by atoms with E-state index in [-0.39, 0.29) is 17.4 Å². The van der Waals surface area contributed by atoms with E-state index >= 15 is 0 Å². The third-order valence-electron chi connectivity index (χ3n) is 2.31. The molecule has 0 aliphatic rings. The van der Waals surface area contributed by atoms with Gasteiger partial charge in [-0.3, -0.25) is 4.79 Å². The molecule has 1 amide bonds. The maximum absolute atomic E-state index is 12.0. The summed E-state index contributed by atoms with van der Waals surface area (Å²) in [7, 11) is 0. The zero-order chi connectivity index (χ0) is 13.8. The lowest BCUT2D eigenvalue weighted by Crippen LogP contribution is -2.14. The van der Waals surface area contributed by atoms with Crippen molar-refractivity contribution >= 4 is 29.2 Å². The summed E-state index contributed by atoms with van der Waals surface area (Å²) in [6.07, 6.45) is 0.599. The lowest BCUT2D eigenvalue weighted by molar-refractivity contribution is 0.0690. The first-order valence-corrected chi connectivity index (χ1v) is 6.22.